The van der Waals surface area contributed by atoms with Gasteiger partial charge in [0.1, 0.15) is 0 Å². The quantitative estimate of drug-likeness (QED) is 0.707. The number of aliphatic hydroxyl groups excluding tert-OH is 1. The monoisotopic (exact) mass is 309 g/mol. The normalized spacial score (nSPS) is 17.7. The van der Waals surface area contributed by atoms with E-state index in [2.05, 4.69) is 14.9 Å². The van der Waals surface area contributed by atoms with Gasteiger partial charge in [-0.3, -0.25) is 4.90 Å². The molecule has 2 N–H and O–H groups in total. The second-order valence-electron chi connectivity index (χ2n) is 5.74. The second-order valence-corrected chi connectivity index (χ2v) is 5.74. The summed E-state index contributed by atoms with van der Waals surface area (Å²) in [6.07, 6.45) is 2.52. The molecule has 1 unspecified atom stereocenters. The highest BCUT2D eigenvalue weighted by atomic mass is 16.4. The zero-order chi connectivity index (χ0) is 16.1. The lowest BCUT2D eigenvalue weighted by Crippen LogP contribution is -2.50. The minimum Gasteiger partial charge on any atom is -0.476 e. The van der Waals surface area contributed by atoms with Gasteiger partial charge >= 0.3 is 5.97 Å². The molecule has 1 fully saturated rings. The summed E-state index contributed by atoms with van der Waals surface area (Å²) < 4.78 is 0. The molecule has 122 valence electrons. The van der Waals surface area contributed by atoms with Gasteiger partial charge < -0.3 is 20.0 Å². The van der Waals surface area contributed by atoms with E-state index in [0.717, 1.165) is 13.1 Å². The van der Waals surface area contributed by atoms with Crippen LogP contribution in [0.1, 0.15) is 10.5 Å². The van der Waals surface area contributed by atoms with Gasteiger partial charge in [0.2, 0.25) is 0 Å². The average Bonchev–Trinajstić information content (AvgIpc) is 2.47. The van der Waals surface area contributed by atoms with Crippen LogP contribution in [0, 0.1) is 0 Å². The average molecular weight is 309 g/mol. The van der Waals surface area contributed by atoms with Crippen molar-refractivity contribution >= 4 is 11.8 Å². The maximum Gasteiger partial charge on any atom is 0.358 e. The van der Waals surface area contributed by atoms with Gasteiger partial charge in [0.15, 0.2) is 11.5 Å². The number of nitrogens with zero attached hydrogens (tertiary/aromatic N) is 5. The number of rotatable bonds is 6. The molecule has 0 radical (unpaired) electrons. The van der Waals surface area contributed by atoms with E-state index in [1.165, 1.54) is 12.4 Å². The Bertz CT molecular complexity index is 503. The van der Waals surface area contributed by atoms with Crippen molar-refractivity contribution in [1.82, 2.24) is 19.8 Å². The highest BCUT2D eigenvalue weighted by Crippen LogP contribution is 2.17. The van der Waals surface area contributed by atoms with Crippen molar-refractivity contribution in [1.29, 1.82) is 0 Å². The molecule has 0 spiro atoms. The molecule has 1 aromatic heterocycles. The fourth-order valence-corrected chi connectivity index (χ4v) is 2.63. The number of carboxylic acids is 1. The molecular formula is C14H23N5O3. The molecule has 1 saturated heterocycles. The molecule has 0 saturated carbocycles. The number of anilines is 1. The van der Waals surface area contributed by atoms with Crippen LogP contribution in [0.3, 0.4) is 0 Å². The number of piperazine rings is 1. The zero-order valence-corrected chi connectivity index (χ0v) is 13.0. The predicted molar refractivity (Wildman–Crippen MR) is 82.2 cm³/mol. The molecule has 8 heteroatoms. The topological polar surface area (TPSA) is 93.0 Å². The van der Waals surface area contributed by atoms with Crippen LogP contribution >= 0.6 is 0 Å². The molecule has 0 aliphatic carbocycles. The number of carbonyl (C=O) groups is 1. The summed E-state index contributed by atoms with van der Waals surface area (Å²) in [4.78, 5) is 25.3. The van der Waals surface area contributed by atoms with Gasteiger partial charge in [-0.25, -0.2) is 14.8 Å². The Balaban J connectivity index is 1.91. The second kappa shape index (κ2) is 7.48. The van der Waals surface area contributed by atoms with Crippen LogP contribution in [0.5, 0.6) is 0 Å². The lowest BCUT2D eigenvalue weighted by atomic mass is 10.2. The first kappa shape index (κ1) is 16.6. The van der Waals surface area contributed by atoms with Crippen molar-refractivity contribution < 1.29 is 15.0 Å². The molecule has 8 nitrogen and oxygen atoms in total. The van der Waals surface area contributed by atoms with Crippen molar-refractivity contribution in [2.24, 2.45) is 0 Å². The van der Waals surface area contributed by atoms with Crippen molar-refractivity contribution in [3.8, 4) is 0 Å². The summed E-state index contributed by atoms with van der Waals surface area (Å²) in [5.74, 6) is -0.643. The lowest BCUT2D eigenvalue weighted by Gasteiger charge is -2.36. The first-order valence-corrected chi connectivity index (χ1v) is 7.31. The van der Waals surface area contributed by atoms with Gasteiger partial charge in [-0.05, 0) is 14.1 Å². The molecule has 1 atom stereocenters. The molecule has 0 amide bonds. The lowest BCUT2D eigenvalue weighted by molar-refractivity contribution is 0.0690. The molecule has 2 rings (SSSR count). The Morgan fingerprint density at radius 1 is 1.27 bits per heavy atom. The van der Waals surface area contributed by atoms with Crippen LogP contribution in [-0.2, 0) is 0 Å². The third-order valence-corrected chi connectivity index (χ3v) is 3.60. The summed E-state index contributed by atoms with van der Waals surface area (Å²) in [5.41, 5.74) is -0.0106. The van der Waals surface area contributed by atoms with E-state index in [1.54, 1.807) is 0 Å². The van der Waals surface area contributed by atoms with Crippen molar-refractivity contribution in [2.45, 2.75) is 6.10 Å². The number of likely N-dealkylation sites (N-methyl/N-ethyl adjacent to an activating group) is 1. The fraction of sp³-hybridized carbons (Fsp3) is 0.643. The van der Waals surface area contributed by atoms with E-state index in [4.69, 9.17) is 0 Å². The Kier molecular flexibility index (Phi) is 5.64. The summed E-state index contributed by atoms with van der Waals surface area (Å²) in [5, 5.41) is 19.1. The van der Waals surface area contributed by atoms with E-state index in [9.17, 15) is 15.0 Å². The first-order valence-electron chi connectivity index (χ1n) is 7.31. The third kappa shape index (κ3) is 4.36. The minimum absolute atomic E-state index is 0.0106. The van der Waals surface area contributed by atoms with Gasteiger partial charge in [0, 0.05) is 51.7 Å². The maximum absolute atomic E-state index is 11.2. The van der Waals surface area contributed by atoms with Crippen LogP contribution in [0.15, 0.2) is 12.4 Å². The van der Waals surface area contributed by atoms with E-state index in [-0.39, 0.29) is 11.8 Å². The van der Waals surface area contributed by atoms with Crippen LogP contribution in [0.4, 0.5) is 5.82 Å². The maximum atomic E-state index is 11.2. The third-order valence-electron chi connectivity index (χ3n) is 3.60. The van der Waals surface area contributed by atoms with Crippen LogP contribution in [0.25, 0.3) is 0 Å². The predicted octanol–water partition coefficient (Wildman–Crippen LogP) is -0.781. The number of hydrogen-bond acceptors (Lipinski definition) is 7. The van der Waals surface area contributed by atoms with Crippen molar-refractivity contribution in [3.63, 3.8) is 0 Å². The Morgan fingerprint density at radius 2 is 1.91 bits per heavy atom. The first-order chi connectivity index (χ1) is 10.5. The van der Waals surface area contributed by atoms with Gasteiger partial charge in [-0.1, -0.05) is 0 Å². The smallest absolute Gasteiger partial charge is 0.358 e. The standard InChI is InChI=1S/C14H23N5O3/c1-17(2)9-11(20)10-18-5-7-19(8-6-18)13-12(14(21)22)15-3-4-16-13/h3-4,11,20H,5-10H2,1-2H3,(H,21,22). The SMILES string of the molecule is CN(C)CC(O)CN1CCN(c2nccnc2C(=O)O)CC1. The molecule has 0 aromatic carbocycles. The molecule has 1 aliphatic heterocycles. The summed E-state index contributed by atoms with van der Waals surface area (Å²) in [6, 6.07) is 0. The molecule has 1 aliphatic rings. The number of carboxylic acid groups (broad SMARTS) is 1. The van der Waals surface area contributed by atoms with E-state index in [1.807, 2.05) is 23.9 Å². The number of aromatic nitrogens is 2. The van der Waals surface area contributed by atoms with Crippen LogP contribution < -0.4 is 4.90 Å². The van der Waals surface area contributed by atoms with Crippen molar-refractivity contribution in [3.05, 3.63) is 18.1 Å². The van der Waals surface area contributed by atoms with Gasteiger partial charge in [0.05, 0.1) is 6.10 Å². The molecule has 1 aromatic rings. The molecule has 22 heavy (non-hydrogen) atoms. The highest BCUT2D eigenvalue weighted by Gasteiger charge is 2.24. The largest absolute Gasteiger partial charge is 0.476 e. The number of aromatic carboxylic acids is 1. The Labute approximate surface area is 130 Å². The molecule has 0 bridgehead atoms. The summed E-state index contributed by atoms with van der Waals surface area (Å²) >= 11 is 0. The van der Waals surface area contributed by atoms with Gasteiger partial charge in [-0.15, -0.1) is 0 Å². The zero-order valence-electron chi connectivity index (χ0n) is 13.0. The van der Waals surface area contributed by atoms with Crippen molar-refractivity contribution in [2.75, 3.05) is 58.3 Å². The summed E-state index contributed by atoms with van der Waals surface area (Å²) in [7, 11) is 3.87. The van der Waals surface area contributed by atoms with Gasteiger partial charge in [-0.2, -0.15) is 0 Å². The fourth-order valence-electron chi connectivity index (χ4n) is 2.63. The molecular weight excluding hydrogens is 286 g/mol. The number of aliphatic hydroxyl groups is 1. The number of β-amino-alcohol motifs (C(OH)–C–C–N with tert-alkyl or cyclic N) is 1. The Morgan fingerprint density at radius 3 is 2.50 bits per heavy atom. The van der Waals surface area contributed by atoms with E-state index in [0.29, 0.717) is 32.0 Å². The number of hydrogen-bond donors (Lipinski definition) is 2. The highest BCUT2D eigenvalue weighted by molar-refractivity contribution is 5.90. The van der Waals surface area contributed by atoms with Crippen LogP contribution in [-0.4, -0.2) is 95.4 Å². The Hall–Kier alpha value is -1.77. The molecule has 2 heterocycles. The van der Waals surface area contributed by atoms with Crippen LogP contribution in [0.2, 0.25) is 0 Å². The summed E-state index contributed by atoms with van der Waals surface area (Å²) in [6.45, 7) is 4.13. The minimum atomic E-state index is -1.06. The van der Waals surface area contributed by atoms with E-state index < -0.39 is 5.97 Å². The van der Waals surface area contributed by atoms with E-state index >= 15 is 0 Å². The van der Waals surface area contributed by atoms with Gasteiger partial charge in [0.25, 0.3) is 0 Å².